The van der Waals surface area contributed by atoms with Crippen molar-refractivity contribution in [2.24, 2.45) is 0 Å². The number of hydrogen-bond acceptors (Lipinski definition) is 3. The Morgan fingerprint density at radius 2 is 2.05 bits per heavy atom. The molecule has 0 atom stereocenters. The summed E-state index contributed by atoms with van der Waals surface area (Å²) in [5.74, 6) is 5.69. The Bertz CT molecular complexity index is 457. The van der Waals surface area contributed by atoms with E-state index in [0.29, 0.717) is 18.5 Å². The number of hydrogen-bond donors (Lipinski definition) is 2. The molecule has 4 heteroatoms. The Morgan fingerprint density at radius 1 is 1.30 bits per heavy atom. The maximum Gasteiger partial charge on any atom is 0.251 e. The molecule has 0 saturated heterocycles. The molecule has 0 bridgehead atoms. The van der Waals surface area contributed by atoms with Crippen LogP contribution in [0.5, 0.6) is 0 Å². The Morgan fingerprint density at radius 3 is 2.70 bits per heavy atom. The van der Waals surface area contributed by atoms with E-state index < -0.39 is 0 Å². The third-order valence-electron chi connectivity index (χ3n) is 2.68. The predicted molar refractivity (Wildman–Crippen MR) is 78.5 cm³/mol. The Balaban J connectivity index is 2.40. The first kappa shape index (κ1) is 16.2. The molecule has 0 fully saturated rings. The second-order valence-corrected chi connectivity index (χ2v) is 4.31. The molecule has 4 nitrogen and oxygen atoms in total. The van der Waals surface area contributed by atoms with Gasteiger partial charge in [0.1, 0.15) is 0 Å². The fourth-order valence-corrected chi connectivity index (χ4v) is 1.60. The molecule has 0 aliphatic heterocycles. The summed E-state index contributed by atoms with van der Waals surface area (Å²) in [4.78, 5) is 11.8. The summed E-state index contributed by atoms with van der Waals surface area (Å²) in [5, 5.41) is 11.5. The predicted octanol–water partition coefficient (Wildman–Crippen LogP) is 1.58. The number of unbranched alkanes of at least 4 members (excludes halogenated alkanes) is 1. The Hall–Kier alpha value is -1.83. The average Bonchev–Trinajstić information content (AvgIpc) is 2.48. The molecule has 108 valence electrons. The lowest BCUT2D eigenvalue weighted by Gasteiger charge is -2.05. The van der Waals surface area contributed by atoms with Crippen LogP contribution in [0.2, 0.25) is 0 Å². The van der Waals surface area contributed by atoms with Gasteiger partial charge in [-0.25, -0.2) is 0 Å². The average molecular weight is 275 g/mol. The number of methoxy groups -OCH3 is 1. The number of amides is 1. The van der Waals surface area contributed by atoms with E-state index in [1.165, 1.54) is 0 Å². The lowest BCUT2D eigenvalue weighted by molar-refractivity contribution is 0.0951. The van der Waals surface area contributed by atoms with Crippen LogP contribution in [-0.2, 0) is 4.74 Å². The topological polar surface area (TPSA) is 58.6 Å². The second-order valence-electron chi connectivity index (χ2n) is 4.31. The zero-order chi connectivity index (χ0) is 14.6. The number of rotatable bonds is 7. The van der Waals surface area contributed by atoms with Crippen molar-refractivity contribution in [3.05, 3.63) is 35.4 Å². The highest BCUT2D eigenvalue weighted by Gasteiger charge is 2.03. The molecular formula is C16H21NO3. The minimum atomic E-state index is -0.0720. The summed E-state index contributed by atoms with van der Waals surface area (Å²) in [6.07, 6.45) is 2.31. The van der Waals surface area contributed by atoms with Crippen LogP contribution < -0.4 is 5.32 Å². The summed E-state index contributed by atoms with van der Waals surface area (Å²) >= 11 is 0. The molecule has 20 heavy (non-hydrogen) atoms. The van der Waals surface area contributed by atoms with Gasteiger partial charge in [0.2, 0.25) is 0 Å². The van der Waals surface area contributed by atoms with Gasteiger partial charge in [-0.05, 0) is 37.1 Å². The first-order valence-corrected chi connectivity index (χ1v) is 6.75. The molecule has 0 saturated carbocycles. The van der Waals surface area contributed by atoms with Gasteiger partial charge in [0.15, 0.2) is 0 Å². The van der Waals surface area contributed by atoms with Gasteiger partial charge in [0.05, 0.1) is 6.61 Å². The second kappa shape index (κ2) is 10.0. The number of ether oxygens (including phenoxy) is 1. The first-order valence-electron chi connectivity index (χ1n) is 6.75. The number of aliphatic hydroxyl groups excluding tert-OH is 1. The molecule has 0 unspecified atom stereocenters. The highest BCUT2D eigenvalue weighted by molar-refractivity contribution is 5.94. The first-order chi connectivity index (χ1) is 9.77. The van der Waals surface area contributed by atoms with Crippen LogP contribution >= 0.6 is 0 Å². The third kappa shape index (κ3) is 6.37. The zero-order valence-corrected chi connectivity index (χ0v) is 11.8. The van der Waals surface area contributed by atoms with E-state index in [2.05, 4.69) is 17.2 Å². The van der Waals surface area contributed by atoms with Gasteiger partial charge in [0.25, 0.3) is 5.91 Å². The van der Waals surface area contributed by atoms with E-state index in [1.54, 1.807) is 19.2 Å². The number of carbonyl (C=O) groups excluding carboxylic acids is 1. The van der Waals surface area contributed by atoms with E-state index >= 15 is 0 Å². The fraction of sp³-hybridized carbons (Fsp3) is 0.438. The van der Waals surface area contributed by atoms with Crippen LogP contribution in [0.15, 0.2) is 24.3 Å². The molecule has 1 aromatic rings. The fourth-order valence-electron chi connectivity index (χ4n) is 1.60. The zero-order valence-electron chi connectivity index (χ0n) is 11.8. The normalized spacial score (nSPS) is 9.70. The number of aliphatic hydroxyl groups is 1. The maximum atomic E-state index is 11.8. The van der Waals surface area contributed by atoms with Crippen molar-refractivity contribution in [3.8, 4) is 11.8 Å². The minimum absolute atomic E-state index is 0.0660. The molecule has 1 aromatic carbocycles. The molecule has 1 rings (SSSR count). The van der Waals surface area contributed by atoms with Gasteiger partial charge in [-0.1, -0.05) is 11.8 Å². The van der Waals surface area contributed by atoms with Gasteiger partial charge in [-0.3, -0.25) is 4.79 Å². The van der Waals surface area contributed by atoms with Crippen LogP contribution in [0.25, 0.3) is 0 Å². The summed E-state index contributed by atoms with van der Waals surface area (Å²) in [7, 11) is 1.67. The quantitative estimate of drug-likeness (QED) is 0.587. The number of nitrogens with one attached hydrogen (secondary N) is 1. The van der Waals surface area contributed by atoms with Crippen molar-refractivity contribution in [1.29, 1.82) is 0 Å². The summed E-state index contributed by atoms with van der Waals surface area (Å²) in [5.41, 5.74) is 1.47. The summed E-state index contributed by atoms with van der Waals surface area (Å²) in [6.45, 7) is 1.44. The van der Waals surface area contributed by atoms with Crippen LogP contribution in [0.1, 0.15) is 35.2 Å². The molecular weight excluding hydrogens is 254 g/mol. The molecule has 0 radical (unpaired) electrons. The summed E-state index contributed by atoms with van der Waals surface area (Å²) in [6, 6.07) is 7.13. The molecule has 0 spiro atoms. The molecule has 2 N–H and O–H groups in total. The number of benzene rings is 1. The standard InChI is InChI=1S/C16H21NO3/c1-20-13-5-3-11-17-16(19)15-9-7-14(8-10-15)6-2-4-12-18/h7-10,18H,3-5,11-13H2,1H3,(H,17,19). The van der Waals surface area contributed by atoms with Crippen molar-refractivity contribution in [2.45, 2.75) is 19.3 Å². The summed E-state index contributed by atoms with van der Waals surface area (Å²) < 4.78 is 4.95. The monoisotopic (exact) mass is 275 g/mol. The van der Waals surface area contributed by atoms with Gasteiger partial charge in [-0.2, -0.15) is 0 Å². The van der Waals surface area contributed by atoms with E-state index in [1.807, 2.05) is 12.1 Å². The van der Waals surface area contributed by atoms with Crippen LogP contribution in [0, 0.1) is 11.8 Å². The van der Waals surface area contributed by atoms with Gasteiger partial charge < -0.3 is 15.2 Å². The van der Waals surface area contributed by atoms with Crippen molar-refractivity contribution in [3.63, 3.8) is 0 Å². The largest absolute Gasteiger partial charge is 0.395 e. The SMILES string of the molecule is COCCCCNC(=O)c1ccc(C#CCCO)cc1. The van der Waals surface area contributed by atoms with Gasteiger partial charge in [-0.15, -0.1) is 0 Å². The Kier molecular flexibility index (Phi) is 8.13. The highest BCUT2D eigenvalue weighted by Crippen LogP contribution is 2.03. The van der Waals surface area contributed by atoms with E-state index in [0.717, 1.165) is 25.0 Å². The Labute approximate surface area is 120 Å². The molecule has 0 aromatic heterocycles. The van der Waals surface area contributed by atoms with Crippen molar-refractivity contribution in [1.82, 2.24) is 5.32 Å². The molecule has 0 aliphatic rings. The number of carbonyl (C=O) groups is 1. The third-order valence-corrected chi connectivity index (χ3v) is 2.68. The highest BCUT2D eigenvalue weighted by atomic mass is 16.5. The lowest BCUT2D eigenvalue weighted by Crippen LogP contribution is -2.24. The molecule has 0 heterocycles. The van der Waals surface area contributed by atoms with Crippen LogP contribution in [0.3, 0.4) is 0 Å². The smallest absolute Gasteiger partial charge is 0.251 e. The van der Waals surface area contributed by atoms with E-state index in [9.17, 15) is 4.79 Å². The minimum Gasteiger partial charge on any atom is -0.395 e. The van der Waals surface area contributed by atoms with Crippen molar-refractivity contribution < 1.29 is 14.6 Å². The molecule has 0 aliphatic carbocycles. The van der Waals surface area contributed by atoms with Crippen LogP contribution in [-0.4, -0.2) is 37.9 Å². The molecule has 1 amide bonds. The lowest BCUT2D eigenvalue weighted by atomic mass is 10.1. The van der Waals surface area contributed by atoms with Gasteiger partial charge >= 0.3 is 0 Å². The maximum absolute atomic E-state index is 11.8. The van der Waals surface area contributed by atoms with Crippen molar-refractivity contribution >= 4 is 5.91 Å². The van der Waals surface area contributed by atoms with E-state index in [-0.39, 0.29) is 12.5 Å². The van der Waals surface area contributed by atoms with E-state index in [4.69, 9.17) is 9.84 Å². The van der Waals surface area contributed by atoms with Crippen LogP contribution in [0.4, 0.5) is 0 Å². The van der Waals surface area contributed by atoms with Crippen molar-refractivity contribution in [2.75, 3.05) is 26.9 Å². The van der Waals surface area contributed by atoms with Gasteiger partial charge in [0, 0.05) is 37.8 Å².